The first-order valence-electron chi connectivity index (χ1n) is 9.59. The molecule has 1 heterocycles. The van der Waals surface area contributed by atoms with Crippen molar-refractivity contribution in [2.75, 3.05) is 27.7 Å². The Bertz CT molecular complexity index is 683. The Morgan fingerprint density at radius 2 is 2.08 bits per heavy atom. The van der Waals surface area contributed by atoms with Crippen LogP contribution in [0.5, 0.6) is 0 Å². The fraction of sp³-hybridized carbons (Fsp3) is 0.737. The van der Waals surface area contributed by atoms with Crippen molar-refractivity contribution in [3.63, 3.8) is 0 Å². The highest BCUT2D eigenvalue weighted by atomic mass is 28.1. The van der Waals surface area contributed by atoms with Crippen LogP contribution in [0.4, 0.5) is 0 Å². The second-order valence-corrected chi connectivity index (χ2v) is 9.73. The molecule has 1 aliphatic carbocycles. The fourth-order valence-electron chi connectivity index (χ4n) is 3.49. The standard InChI is InChI=1S/C19H33N3O3Si/c1-12(2)10-16(26)17(19(24)25-5)22-18(23)15(13-6-7-13)11-14(20-22)8-9-21(3)4/h11-13,16-17H,6-10H2,1-5,26H3/t16?,17-/m0/s1. The Balaban J connectivity index is 2.47. The van der Waals surface area contributed by atoms with Gasteiger partial charge in [-0.3, -0.25) is 4.79 Å². The Morgan fingerprint density at radius 1 is 1.42 bits per heavy atom. The van der Waals surface area contributed by atoms with Crippen LogP contribution in [0.1, 0.15) is 56.3 Å². The molecule has 1 aromatic heterocycles. The summed E-state index contributed by atoms with van der Waals surface area (Å²) in [6, 6.07) is 1.34. The molecule has 1 fully saturated rings. The molecular weight excluding hydrogens is 346 g/mol. The maximum atomic E-state index is 13.1. The molecule has 0 saturated heterocycles. The van der Waals surface area contributed by atoms with Crippen molar-refractivity contribution in [1.82, 2.24) is 14.7 Å². The highest BCUT2D eigenvalue weighted by Gasteiger charge is 2.34. The van der Waals surface area contributed by atoms with E-state index in [9.17, 15) is 9.59 Å². The van der Waals surface area contributed by atoms with Gasteiger partial charge in [0.1, 0.15) is 0 Å². The van der Waals surface area contributed by atoms with E-state index in [1.54, 1.807) is 0 Å². The highest BCUT2D eigenvalue weighted by Crippen LogP contribution is 2.39. The molecule has 7 heteroatoms. The van der Waals surface area contributed by atoms with E-state index in [2.05, 4.69) is 23.8 Å². The van der Waals surface area contributed by atoms with Gasteiger partial charge in [-0.2, -0.15) is 5.10 Å². The number of aromatic nitrogens is 2. The number of ether oxygens (including phenoxy) is 1. The number of esters is 1. The molecule has 0 N–H and O–H groups in total. The lowest BCUT2D eigenvalue weighted by molar-refractivity contribution is -0.145. The summed E-state index contributed by atoms with van der Waals surface area (Å²) in [6.45, 7) is 5.13. The van der Waals surface area contributed by atoms with Crippen LogP contribution in [0.2, 0.25) is 5.54 Å². The maximum absolute atomic E-state index is 13.1. The lowest BCUT2D eigenvalue weighted by Gasteiger charge is -2.25. The van der Waals surface area contributed by atoms with Crippen molar-refractivity contribution in [3.8, 4) is 0 Å². The smallest absolute Gasteiger partial charge is 0.330 e. The molecule has 0 aliphatic heterocycles. The van der Waals surface area contributed by atoms with E-state index in [-0.39, 0.29) is 17.1 Å². The SMILES string of the molecule is COC(=O)[C@H](C([SiH3])CC(C)C)n1nc(CCN(C)C)cc(C2CC2)c1=O. The summed E-state index contributed by atoms with van der Waals surface area (Å²) >= 11 is 0. The molecule has 26 heavy (non-hydrogen) atoms. The van der Waals surface area contributed by atoms with Crippen LogP contribution in [0.25, 0.3) is 0 Å². The molecule has 0 spiro atoms. The van der Waals surface area contributed by atoms with Crippen molar-refractivity contribution in [2.45, 2.75) is 57.0 Å². The van der Waals surface area contributed by atoms with Crippen molar-refractivity contribution in [1.29, 1.82) is 0 Å². The van der Waals surface area contributed by atoms with E-state index in [0.29, 0.717) is 11.8 Å². The van der Waals surface area contributed by atoms with Gasteiger partial charge in [0, 0.05) is 28.8 Å². The summed E-state index contributed by atoms with van der Waals surface area (Å²) in [5, 5.41) is 4.61. The molecule has 2 rings (SSSR count). The van der Waals surface area contributed by atoms with Crippen LogP contribution in [-0.2, 0) is 16.0 Å². The summed E-state index contributed by atoms with van der Waals surface area (Å²) in [6.07, 6.45) is 3.74. The van der Waals surface area contributed by atoms with Gasteiger partial charge in [0.2, 0.25) is 0 Å². The average Bonchev–Trinajstić information content (AvgIpc) is 3.39. The summed E-state index contributed by atoms with van der Waals surface area (Å²) in [7, 11) is 6.23. The third-order valence-corrected chi connectivity index (χ3v) is 6.04. The number of hydrogen-bond donors (Lipinski definition) is 0. The van der Waals surface area contributed by atoms with E-state index in [1.165, 1.54) is 11.8 Å². The lowest BCUT2D eigenvalue weighted by atomic mass is 10.0. The summed E-state index contributed by atoms with van der Waals surface area (Å²) in [5.41, 5.74) is 1.71. The number of carbonyl (C=O) groups excluding carboxylic acids is 1. The molecule has 1 aliphatic rings. The van der Waals surface area contributed by atoms with E-state index in [1.807, 2.05) is 20.2 Å². The second kappa shape index (κ2) is 8.95. The summed E-state index contributed by atoms with van der Waals surface area (Å²) in [5.74, 6) is 0.428. The largest absolute Gasteiger partial charge is 0.467 e. The molecule has 6 nitrogen and oxygen atoms in total. The molecule has 2 atom stereocenters. The molecule has 1 saturated carbocycles. The maximum Gasteiger partial charge on any atom is 0.330 e. The van der Waals surface area contributed by atoms with Crippen molar-refractivity contribution >= 4 is 16.2 Å². The van der Waals surface area contributed by atoms with Gasteiger partial charge in [0.15, 0.2) is 6.04 Å². The van der Waals surface area contributed by atoms with Gasteiger partial charge >= 0.3 is 5.97 Å². The Labute approximate surface area is 159 Å². The first-order valence-corrected chi connectivity index (χ1v) is 10.7. The van der Waals surface area contributed by atoms with Gasteiger partial charge in [0.05, 0.1) is 12.8 Å². The first kappa shape index (κ1) is 20.8. The van der Waals surface area contributed by atoms with Crippen molar-refractivity contribution in [3.05, 3.63) is 27.7 Å². The van der Waals surface area contributed by atoms with Crippen LogP contribution < -0.4 is 5.56 Å². The quantitative estimate of drug-likeness (QED) is 0.476. The lowest BCUT2D eigenvalue weighted by Crippen LogP contribution is -2.38. The minimum atomic E-state index is -0.613. The highest BCUT2D eigenvalue weighted by molar-refractivity contribution is 6.13. The molecular formula is C19H33N3O3Si. The zero-order chi connectivity index (χ0) is 19.4. The predicted octanol–water partition coefficient (Wildman–Crippen LogP) is 1.14. The van der Waals surface area contributed by atoms with Crippen LogP contribution in [0, 0.1) is 5.92 Å². The number of rotatable bonds is 9. The Kier molecular flexibility index (Phi) is 7.17. The second-order valence-electron chi connectivity index (χ2n) is 8.24. The number of likely N-dealkylation sites (N-methyl/N-ethyl adjacent to an activating group) is 1. The number of hydrogen-bond acceptors (Lipinski definition) is 5. The van der Waals surface area contributed by atoms with E-state index in [0.717, 1.165) is 53.7 Å². The van der Waals surface area contributed by atoms with E-state index < -0.39 is 6.04 Å². The summed E-state index contributed by atoms with van der Waals surface area (Å²) in [4.78, 5) is 27.7. The zero-order valence-corrected chi connectivity index (χ0v) is 19.0. The third-order valence-electron chi connectivity index (χ3n) is 4.93. The fourth-order valence-corrected chi connectivity index (χ4v) is 4.99. The van der Waals surface area contributed by atoms with Crippen LogP contribution in [0.15, 0.2) is 10.9 Å². The van der Waals surface area contributed by atoms with E-state index >= 15 is 0 Å². The monoisotopic (exact) mass is 379 g/mol. The minimum Gasteiger partial charge on any atom is -0.467 e. The molecule has 1 aromatic rings. The average molecular weight is 380 g/mol. The molecule has 0 bridgehead atoms. The Morgan fingerprint density at radius 3 is 2.58 bits per heavy atom. The van der Waals surface area contributed by atoms with Crippen molar-refractivity contribution in [2.24, 2.45) is 5.92 Å². The normalized spacial score (nSPS) is 16.9. The van der Waals surface area contributed by atoms with Crippen LogP contribution in [-0.4, -0.2) is 58.6 Å². The molecule has 0 radical (unpaired) electrons. The predicted molar refractivity (Wildman–Crippen MR) is 107 cm³/mol. The molecule has 0 amide bonds. The zero-order valence-electron chi connectivity index (χ0n) is 17.0. The number of methoxy groups -OCH3 is 1. The Hall–Kier alpha value is -1.47. The first-order chi connectivity index (χ1) is 12.2. The van der Waals surface area contributed by atoms with Crippen LogP contribution in [0.3, 0.4) is 0 Å². The van der Waals surface area contributed by atoms with E-state index in [4.69, 9.17) is 4.74 Å². The molecule has 1 unspecified atom stereocenters. The third kappa shape index (κ3) is 5.27. The van der Waals surface area contributed by atoms with Gasteiger partial charge in [-0.05, 0) is 56.8 Å². The summed E-state index contributed by atoms with van der Waals surface area (Å²) < 4.78 is 6.50. The van der Waals surface area contributed by atoms with Gasteiger partial charge in [-0.15, -0.1) is 0 Å². The van der Waals surface area contributed by atoms with Gasteiger partial charge < -0.3 is 9.64 Å². The number of nitrogens with zero attached hydrogens (tertiary/aromatic N) is 3. The molecule has 146 valence electrons. The topological polar surface area (TPSA) is 64.4 Å². The minimum absolute atomic E-state index is 0.110. The van der Waals surface area contributed by atoms with Gasteiger partial charge in [-0.25, -0.2) is 9.48 Å². The number of carbonyl (C=O) groups is 1. The van der Waals surface area contributed by atoms with Crippen LogP contribution >= 0.6 is 0 Å². The van der Waals surface area contributed by atoms with Gasteiger partial charge in [-0.1, -0.05) is 13.8 Å². The van der Waals surface area contributed by atoms with Crippen molar-refractivity contribution < 1.29 is 9.53 Å². The van der Waals surface area contributed by atoms with Gasteiger partial charge in [0.25, 0.3) is 5.56 Å². The molecule has 0 aromatic carbocycles.